The Balaban J connectivity index is 0.000000234. The van der Waals surface area contributed by atoms with E-state index >= 15 is 0 Å². The van der Waals surface area contributed by atoms with E-state index in [0.29, 0.717) is 18.9 Å². The first-order chi connectivity index (χ1) is 19.9. The minimum absolute atomic E-state index is 0. The smallest absolute Gasteiger partial charge is 0.306 e. The van der Waals surface area contributed by atoms with E-state index < -0.39 is 5.60 Å². The maximum absolute atomic E-state index is 13.0. The number of carbonyl (C=O) groups is 3. The number of ether oxygens (including phenoxy) is 3. The van der Waals surface area contributed by atoms with Gasteiger partial charge in [0.15, 0.2) is 0 Å². The Morgan fingerprint density at radius 2 is 1.74 bits per heavy atom. The van der Waals surface area contributed by atoms with Gasteiger partial charge in [-0.05, 0) is 90.2 Å². The molecular formula is C33H52ClN3O6. The fraction of sp³-hybridized carbons (Fsp3) is 0.727. The summed E-state index contributed by atoms with van der Waals surface area (Å²) < 4.78 is 16.1. The van der Waals surface area contributed by atoms with Gasteiger partial charge in [-0.3, -0.25) is 14.4 Å². The molecule has 43 heavy (non-hydrogen) atoms. The molecule has 2 heterocycles. The van der Waals surface area contributed by atoms with Gasteiger partial charge in [0.1, 0.15) is 17.1 Å². The SMILES string of the molecule is CC(C)(C)OC(=O)C[C@H]1CCC[C@]2(CCNC2=O)C1.COc1ccc(CN2CC[C@]3(CCC[C@H](N)C3)C2=O)c(OC)c1.Cl. The van der Waals surface area contributed by atoms with Gasteiger partial charge < -0.3 is 30.2 Å². The first kappa shape index (κ1) is 35.0. The summed E-state index contributed by atoms with van der Waals surface area (Å²) >= 11 is 0. The van der Waals surface area contributed by atoms with Crippen LogP contribution in [0.2, 0.25) is 0 Å². The number of nitrogens with zero attached hydrogens (tertiary/aromatic N) is 1. The zero-order valence-corrected chi connectivity index (χ0v) is 27.5. The third-order valence-electron chi connectivity index (χ3n) is 9.53. The highest BCUT2D eigenvalue weighted by Crippen LogP contribution is 2.46. The molecule has 10 heteroatoms. The van der Waals surface area contributed by atoms with Crippen LogP contribution in [0.25, 0.3) is 0 Å². The molecule has 2 aliphatic carbocycles. The summed E-state index contributed by atoms with van der Waals surface area (Å²) in [4.78, 5) is 38.8. The van der Waals surface area contributed by atoms with Crippen molar-refractivity contribution in [2.24, 2.45) is 22.5 Å². The number of esters is 1. The molecule has 2 saturated carbocycles. The molecule has 4 fully saturated rings. The first-order valence-electron chi connectivity index (χ1n) is 15.6. The maximum atomic E-state index is 13.0. The normalized spacial score (nSPS) is 28.6. The molecule has 1 aromatic carbocycles. The van der Waals surface area contributed by atoms with Crippen molar-refractivity contribution in [2.75, 3.05) is 27.3 Å². The van der Waals surface area contributed by atoms with Crippen LogP contribution in [0.1, 0.15) is 97.0 Å². The van der Waals surface area contributed by atoms with Gasteiger partial charge in [-0.2, -0.15) is 0 Å². The molecule has 2 aliphatic heterocycles. The third-order valence-corrected chi connectivity index (χ3v) is 9.53. The number of likely N-dealkylation sites (tertiary alicyclic amines) is 1. The molecule has 242 valence electrons. The van der Waals surface area contributed by atoms with Crippen LogP contribution in [0, 0.1) is 16.7 Å². The monoisotopic (exact) mass is 621 g/mol. The Hall–Kier alpha value is -2.52. The molecule has 2 saturated heterocycles. The van der Waals surface area contributed by atoms with Gasteiger partial charge in [0.25, 0.3) is 0 Å². The number of benzene rings is 1. The predicted molar refractivity (Wildman–Crippen MR) is 168 cm³/mol. The van der Waals surface area contributed by atoms with E-state index in [9.17, 15) is 14.4 Å². The summed E-state index contributed by atoms with van der Waals surface area (Å²) in [5.74, 6) is 2.15. The van der Waals surface area contributed by atoms with Crippen LogP contribution < -0.4 is 20.5 Å². The number of rotatable bonds is 6. The highest BCUT2D eigenvalue weighted by atomic mass is 35.5. The summed E-state index contributed by atoms with van der Waals surface area (Å²) in [5.41, 5.74) is 6.31. The number of carbonyl (C=O) groups excluding carboxylic acids is 3. The summed E-state index contributed by atoms with van der Waals surface area (Å²) in [6, 6.07) is 5.92. The van der Waals surface area contributed by atoms with Gasteiger partial charge in [0.2, 0.25) is 11.8 Å². The number of nitrogens with one attached hydrogen (secondary N) is 1. The minimum Gasteiger partial charge on any atom is -0.497 e. The van der Waals surface area contributed by atoms with Gasteiger partial charge in [0, 0.05) is 43.7 Å². The Labute approximate surface area is 263 Å². The van der Waals surface area contributed by atoms with Gasteiger partial charge in [-0.1, -0.05) is 12.8 Å². The van der Waals surface area contributed by atoms with Crippen molar-refractivity contribution < 1.29 is 28.6 Å². The van der Waals surface area contributed by atoms with E-state index in [4.69, 9.17) is 19.9 Å². The molecule has 1 aromatic rings. The molecule has 9 nitrogen and oxygen atoms in total. The van der Waals surface area contributed by atoms with Crippen LogP contribution in [0.4, 0.5) is 0 Å². The lowest BCUT2D eigenvalue weighted by Crippen LogP contribution is -2.42. The highest BCUT2D eigenvalue weighted by Gasteiger charge is 2.48. The molecule has 0 bridgehead atoms. The molecule has 4 atom stereocenters. The van der Waals surface area contributed by atoms with Crippen molar-refractivity contribution in [3.05, 3.63) is 23.8 Å². The number of nitrogens with two attached hydrogens (primary N) is 1. The van der Waals surface area contributed by atoms with Crippen LogP contribution in [0.5, 0.6) is 11.5 Å². The fourth-order valence-corrected chi connectivity index (χ4v) is 7.49. The van der Waals surface area contributed by atoms with Gasteiger partial charge >= 0.3 is 5.97 Å². The fourth-order valence-electron chi connectivity index (χ4n) is 7.49. The summed E-state index contributed by atoms with van der Waals surface area (Å²) in [6.45, 7) is 7.84. The summed E-state index contributed by atoms with van der Waals surface area (Å²) in [6.07, 6.45) is 10.1. The van der Waals surface area contributed by atoms with E-state index in [1.54, 1.807) is 14.2 Å². The average molecular weight is 622 g/mol. The van der Waals surface area contributed by atoms with Crippen molar-refractivity contribution in [1.82, 2.24) is 10.2 Å². The molecule has 5 rings (SSSR count). The van der Waals surface area contributed by atoms with E-state index in [1.807, 2.05) is 43.9 Å². The van der Waals surface area contributed by atoms with Crippen molar-refractivity contribution in [3.8, 4) is 11.5 Å². The zero-order valence-electron chi connectivity index (χ0n) is 26.7. The lowest BCUT2D eigenvalue weighted by atomic mass is 9.68. The van der Waals surface area contributed by atoms with Crippen LogP contribution in [0.3, 0.4) is 0 Å². The largest absolute Gasteiger partial charge is 0.497 e. The number of hydrogen-bond donors (Lipinski definition) is 2. The highest BCUT2D eigenvalue weighted by molar-refractivity contribution is 5.86. The average Bonchev–Trinajstić information content (AvgIpc) is 3.42. The zero-order chi connectivity index (χ0) is 30.5. The number of halogens is 1. The Kier molecular flexibility index (Phi) is 11.8. The molecule has 0 unspecified atom stereocenters. The molecule has 0 radical (unpaired) electrons. The van der Waals surface area contributed by atoms with Crippen molar-refractivity contribution in [3.63, 3.8) is 0 Å². The lowest BCUT2D eigenvalue weighted by molar-refractivity contribution is -0.157. The third kappa shape index (κ3) is 8.56. The van der Waals surface area contributed by atoms with Gasteiger partial charge in [-0.15, -0.1) is 12.4 Å². The Morgan fingerprint density at radius 1 is 1.02 bits per heavy atom. The van der Waals surface area contributed by atoms with E-state index in [1.165, 1.54) is 0 Å². The number of hydrogen-bond acceptors (Lipinski definition) is 7. The van der Waals surface area contributed by atoms with Gasteiger partial charge in [0.05, 0.1) is 25.0 Å². The second kappa shape index (κ2) is 14.5. The standard InChI is InChI=1S/C18H26N2O3.C15H25NO3.ClH/c1-22-15-6-5-13(16(10-15)23-2)12-20-9-8-18(17(20)21)7-3-4-14(19)11-18;1-14(2,3)19-12(17)9-11-5-4-6-15(10-11)7-8-16-13(15)18;/h5-6,10,14H,3-4,7-9,11-12,19H2,1-2H3;11H,4-10H2,1-3H3,(H,16,18);1H/t14-,18-;11-,15+;/m01./s1. The number of methoxy groups -OCH3 is 2. The van der Waals surface area contributed by atoms with E-state index in [-0.39, 0.29) is 47.1 Å². The second-order valence-electron chi connectivity index (χ2n) is 13.8. The van der Waals surface area contributed by atoms with Crippen LogP contribution in [-0.4, -0.2) is 61.6 Å². The summed E-state index contributed by atoms with van der Waals surface area (Å²) in [5, 5.41) is 2.94. The minimum atomic E-state index is -0.422. The predicted octanol–water partition coefficient (Wildman–Crippen LogP) is 5.16. The Bertz CT molecular complexity index is 1140. The van der Waals surface area contributed by atoms with Crippen LogP contribution in [0.15, 0.2) is 18.2 Å². The maximum Gasteiger partial charge on any atom is 0.306 e. The molecule has 2 spiro atoms. The van der Waals surface area contributed by atoms with Crippen LogP contribution in [-0.2, 0) is 25.7 Å². The molecule has 4 aliphatic rings. The van der Waals surface area contributed by atoms with Crippen molar-refractivity contribution in [2.45, 2.75) is 110 Å². The molecule has 3 N–H and O–H groups in total. The van der Waals surface area contributed by atoms with Gasteiger partial charge in [-0.25, -0.2) is 0 Å². The van der Waals surface area contributed by atoms with Crippen LogP contribution >= 0.6 is 12.4 Å². The summed E-state index contributed by atoms with van der Waals surface area (Å²) in [7, 11) is 3.28. The lowest BCUT2D eigenvalue weighted by Gasteiger charge is -2.35. The van der Waals surface area contributed by atoms with E-state index in [2.05, 4.69) is 5.32 Å². The Morgan fingerprint density at radius 3 is 2.37 bits per heavy atom. The number of amides is 2. The van der Waals surface area contributed by atoms with Crippen molar-refractivity contribution >= 4 is 30.2 Å². The quantitative estimate of drug-likeness (QED) is 0.421. The van der Waals surface area contributed by atoms with E-state index in [0.717, 1.165) is 94.4 Å². The molecular weight excluding hydrogens is 570 g/mol. The van der Waals surface area contributed by atoms with Crippen molar-refractivity contribution in [1.29, 1.82) is 0 Å². The first-order valence-corrected chi connectivity index (χ1v) is 15.6. The topological polar surface area (TPSA) is 120 Å². The molecule has 2 amide bonds. The second-order valence-corrected chi connectivity index (χ2v) is 13.8. The molecule has 0 aromatic heterocycles.